The lowest BCUT2D eigenvalue weighted by atomic mass is 10.0. The fraction of sp³-hybridized carbons (Fsp3) is 0.333. The average molecular weight is 408 g/mol. The van der Waals surface area contributed by atoms with Crippen LogP contribution in [0.1, 0.15) is 41.5 Å². The van der Waals surface area contributed by atoms with Crippen LogP contribution < -0.4 is 0 Å². The Morgan fingerprint density at radius 2 is 1.00 bits per heavy atom. The summed E-state index contributed by atoms with van der Waals surface area (Å²) in [6.07, 6.45) is 2.43. The van der Waals surface area contributed by atoms with Gasteiger partial charge in [-0.2, -0.15) is 0 Å². The minimum Gasteiger partial charge on any atom is -0.443 e. The Kier molecular flexibility index (Phi) is 5.61. The maximum absolute atomic E-state index is 12.7. The minimum atomic E-state index is -0.608. The number of ether oxygens (including phenoxy) is 2. The molecule has 3 aromatic rings. The van der Waals surface area contributed by atoms with Crippen molar-refractivity contribution in [1.82, 2.24) is 9.13 Å². The first kappa shape index (κ1) is 21.4. The molecule has 6 heteroatoms. The van der Waals surface area contributed by atoms with Crippen LogP contribution in [0.5, 0.6) is 0 Å². The van der Waals surface area contributed by atoms with Crippen molar-refractivity contribution >= 4 is 12.2 Å². The van der Waals surface area contributed by atoms with Gasteiger partial charge in [0.2, 0.25) is 0 Å². The molecule has 30 heavy (non-hydrogen) atoms. The van der Waals surface area contributed by atoms with Crippen LogP contribution in [0.4, 0.5) is 9.59 Å². The van der Waals surface area contributed by atoms with Crippen LogP contribution in [0.25, 0.3) is 22.5 Å². The number of rotatable bonds is 2. The van der Waals surface area contributed by atoms with Crippen LogP contribution in [0, 0.1) is 0 Å². The van der Waals surface area contributed by atoms with Crippen molar-refractivity contribution in [3.8, 4) is 22.5 Å². The van der Waals surface area contributed by atoms with Gasteiger partial charge in [-0.05, 0) is 65.8 Å². The summed E-state index contributed by atoms with van der Waals surface area (Å²) < 4.78 is 14.0. The zero-order valence-electron chi connectivity index (χ0n) is 18.3. The molecular formula is C24H28N2O4. The highest BCUT2D eigenvalue weighted by molar-refractivity contribution is 5.88. The van der Waals surface area contributed by atoms with E-state index in [-0.39, 0.29) is 0 Å². The summed E-state index contributed by atoms with van der Waals surface area (Å²) in [6.45, 7) is 11.0. The highest BCUT2D eigenvalue weighted by atomic mass is 16.6. The first-order valence-corrected chi connectivity index (χ1v) is 9.87. The zero-order valence-corrected chi connectivity index (χ0v) is 18.3. The Hall–Kier alpha value is -3.28. The monoisotopic (exact) mass is 408 g/mol. The summed E-state index contributed by atoms with van der Waals surface area (Å²) in [5.41, 5.74) is 1.75. The summed E-state index contributed by atoms with van der Waals surface area (Å²) in [5, 5.41) is 0. The van der Waals surface area contributed by atoms with E-state index >= 15 is 0 Å². The van der Waals surface area contributed by atoms with Gasteiger partial charge in [-0.25, -0.2) is 9.59 Å². The van der Waals surface area contributed by atoms with Gasteiger partial charge in [0.1, 0.15) is 11.2 Å². The van der Waals surface area contributed by atoms with Crippen molar-refractivity contribution in [2.75, 3.05) is 0 Å². The van der Waals surface area contributed by atoms with E-state index in [1.807, 2.05) is 77.9 Å². The Bertz CT molecular complexity index is 976. The molecule has 0 bridgehead atoms. The normalized spacial score (nSPS) is 11.9. The van der Waals surface area contributed by atoms with E-state index < -0.39 is 23.4 Å². The number of benzene rings is 1. The van der Waals surface area contributed by atoms with Gasteiger partial charge in [-0.15, -0.1) is 0 Å². The molecule has 6 nitrogen and oxygen atoms in total. The molecule has 0 unspecified atom stereocenters. The van der Waals surface area contributed by atoms with Crippen molar-refractivity contribution < 1.29 is 19.1 Å². The van der Waals surface area contributed by atoms with Gasteiger partial charge >= 0.3 is 12.2 Å². The predicted octanol–water partition coefficient (Wildman–Crippen LogP) is 6.19. The van der Waals surface area contributed by atoms with Crippen LogP contribution in [0.2, 0.25) is 0 Å². The average Bonchev–Trinajstić information content (AvgIpc) is 3.28. The second kappa shape index (κ2) is 7.86. The van der Waals surface area contributed by atoms with Crippen molar-refractivity contribution in [3.05, 3.63) is 60.9 Å². The van der Waals surface area contributed by atoms with E-state index in [4.69, 9.17) is 9.47 Å². The molecule has 0 saturated carbocycles. The minimum absolute atomic E-state index is 0.458. The number of nitrogens with zero attached hydrogens (tertiary/aromatic N) is 2. The molecule has 0 spiro atoms. The van der Waals surface area contributed by atoms with Gasteiger partial charge in [0.15, 0.2) is 0 Å². The second-order valence-electron chi connectivity index (χ2n) is 9.03. The molecule has 0 fully saturated rings. The smallest absolute Gasteiger partial charge is 0.418 e. The highest BCUT2D eigenvalue weighted by Gasteiger charge is 2.23. The van der Waals surface area contributed by atoms with E-state index in [0.29, 0.717) is 11.4 Å². The second-order valence-corrected chi connectivity index (χ2v) is 9.03. The molecule has 0 radical (unpaired) electrons. The van der Waals surface area contributed by atoms with Gasteiger partial charge in [-0.3, -0.25) is 9.13 Å². The van der Waals surface area contributed by atoms with Gasteiger partial charge in [0.25, 0.3) is 0 Å². The molecule has 0 aliphatic heterocycles. The van der Waals surface area contributed by atoms with Crippen LogP contribution in [-0.4, -0.2) is 32.5 Å². The molecule has 0 amide bonds. The number of carbonyl (C=O) groups is 2. The summed E-state index contributed by atoms with van der Waals surface area (Å²) in [5.74, 6) is 0. The standard InChI is InChI=1S/C24H28N2O4/c1-23(2,3)29-21(27)25-15-9-13-19(25)17-11-7-8-12-18(17)20-14-10-16-26(20)22(28)30-24(4,5)6/h7-16H,1-6H3. The fourth-order valence-electron chi connectivity index (χ4n) is 3.07. The molecule has 3 rings (SSSR count). The predicted molar refractivity (Wildman–Crippen MR) is 117 cm³/mol. The van der Waals surface area contributed by atoms with E-state index in [1.165, 1.54) is 9.13 Å². The van der Waals surface area contributed by atoms with E-state index in [2.05, 4.69) is 0 Å². The van der Waals surface area contributed by atoms with Crippen LogP contribution in [0.15, 0.2) is 60.9 Å². The van der Waals surface area contributed by atoms with Gasteiger partial charge < -0.3 is 9.47 Å². The third kappa shape index (κ3) is 4.82. The topological polar surface area (TPSA) is 62.5 Å². The van der Waals surface area contributed by atoms with E-state index in [1.54, 1.807) is 24.5 Å². The summed E-state index contributed by atoms with van der Waals surface area (Å²) in [6, 6.07) is 14.9. The maximum Gasteiger partial charge on any atom is 0.418 e. The molecule has 1 aromatic carbocycles. The van der Waals surface area contributed by atoms with E-state index in [0.717, 1.165) is 11.1 Å². The first-order valence-electron chi connectivity index (χ1n) is 9.87. The molecule has 0 N–H and O–H groups in total. The first-order chi connectivity index (χ1) is 14.0. The highest BCUT2D eigenvalue weighted by Crippen LogP contribution is 2.33. The summed E-state index contributed by atoms with van der Waals surface area (Å²) in [4.78, 5) is 25.4. The maximum atomic E-state index is 12.7. The molecule has 2 heterocycles. The van der Waals surface area contributed by atoms with Crippen molar-refractivity contribution in [3.63, 3.8) is 0 Å². The Morgan fingerprint density at radius 1 is 0.633 bits per heavy atom. The Morgan fingerprint density at radius 3 is 1.33 bits per heavy atom. The van der Waals surface area contributed by atoms with Crippen molar-refractivity contribution in [1.29, 1.82) is 0 Å². The number of aromatic nitrogens is 2. The molecule has 158 valence electrons. The third-order valence-corrected chi connectivity index (χ3v) is 4.16. The summed E-state index contributed by atoms with van der Waals surface area (Å²) in [7, 11) is 0. The van der Waals surface area contributed by atoms with Gasteiger partial charge in [0.05, 0.1) is 11.4 Å². The Balaban J connectivity index is 2.05. The SMILES string of the molecule is CC(C)(C)OC(=O)n1cccc1-c1ccccc1-c1cccn1C(=O)OC(C)(C)C. The van der Waals surface area contributed by atoms with Crippen molar-refractivity contribution in [2.24, 2.45) is 0 Å². The number of carbonyl (C=O) groups excluding carboxylic acids is 2. The van der Waals surface area contributed by atoms with Crippen LogP contribution in [-0.2, 0) is 9.47 Å². The zero-order chi connectivity index (χ0) is 22.1. The lowest BCUT2D eigenvalue weighted by Crippen LogP contribution is -2.27. The number of hydrogen-bond donors (Lipinski definition) is 0. The lowest BCUT2D eigenvalue weighted by molar-refractivity contribution is 0.0528. The van der Waals surface area contributed by atoms with Gasteiger partial charge in [-0.1, -0.05) is 24.3 Å². The largest absolute Gasteiger partial charge is 0.443 e. The Labute approximate surface area is 177 Å². The molecule has 0 aliphatic rings. The molecule has 0 saturated heterocycles. The van der Waals surface area contributed by atoms with E-state index in [9.17, 15) is 9.59 Å². The molecule has 0 atom stereocenters. The molecule has 0 aliphatic carbocycles. The van der Waals surface area contributed by atoms with Crippen LogP contribution >= 0.6 is 0 Å². The lowest BCUT2D eigenvalue weighted by Gasteiger charge is -2.22. The molecule has 2 aromatic heterocycles. The fourth-order valence-corrected chi connectivity index (χ4v) is 3.07. The third-order valence-electron chi connectivity index (χ3n) is 4.16. The quantitative estimate of drug-likeness (QED) is 0.507. The summed E-state index contributed by atoms with van der Waals surface area (Å²) >= 11 is 0. The van der Waals surface area contributed by atoms with Crippen molar-refractivity contribution in [2.45, 2.75) is 52.7 Å². The number of hydrogen-bond acceptors (Lipinski definition) is 4. The van der Waals surface area contributed by atoms with Crippen LogP contribution in [0.3, 0.4) is 0 Å². The van der Waals surface area contributed by atoms with Gasteiger partial charge in [0, 0.05) is 23.5 Å². The molecular weight excluding hydrogens is 380 g/mol.